The zero-order chi connectivity index (χ0) is 7.61. The molecular formula is C6H13N3S. The third-order valence-electron chi connectivity index (χ3n) is 2.00. The number of nitrogens with two attached hydrogens (primary N) is 1. The number of hydrogen-bond acceptors (Lipinski definition) is 2. The summed E-state index contributed by atoms with van der Waals surface area (Å²) in [6.07, 6.45) is 3.67. The zero-order valence-electron chi connectivity index (χ0n) is 6.11. The quantitative estimate of drug-likeness (QED) is 0.292. The molecule has 0 aliphatic heterocycles. The largest absolute Gasteiger partial charge is 0.357 e. The Morgan fingerprint density at radius 2 is 2.20 bits per heavy atom. The second kappa shape index (κ2) is 2.72. The molecule has 0 atom stereocenters. The first-order valence-corrected chi connectivity index (χ1v) is 3.86. The molecule has 0 heterocycles. The summed E-state index contributed by atoms with van der Waals surface area (Å²) in [4.78, 5) is 0. The molecule has 0 aromatic rings. The standard InChI is InChI=1S/C6H13N3S/c1-6(3-2-4-6)8-5(10)9-7/h2-4,7H2,1H3,(H2,8,9,10). The lowest BCUT2D eigenvalue weighted by atomic mass is 9.79. The fourth-order valence-corrected chi connectivity index (χ4v) is 1.39. The molecular weight excluding hydrogens is 146 g/mol. The van der Waals surface area contributed by atoms with Crippen molar-refractivity contribution >= 4 is 17.3 Å². The summed E-state index contributed by atoms with van der Waals surface area (Å²) in [6.45, 7) is 2.15. The van der Waals surface area contributed by atoms with E-state index in [1.54, 1.807) is 0 Å². The maximum atomic E-state index is 5.10. The monoisotopic (exact) mass is 159 g/mol. The van der Waals surface area contributed by atoms with Gasteiger partial charge in [0.15, 0.2) is 5.11 Å². The molecule has 1 fully saturated rings. The number of nitrogens with one attached hydrogen (secondary N) is 2. The predicted molar refractivity (Wildman–Crippen MR) is 45.3 cm³/mol. The first-order chi connectivity index (χ1) is 4.66. The molecule has 0 aromatic carbocycles. The summed E-state index contributed by atoms with van der Waals surface area (Å²) in [7, 11) is 0. The van der Waals surface area contributed by atoms with Crippen LogP contribution in [0.4, 0.5) is 0 Å². The number of thiocarbonyl (C=S) groups is 1. The summed E-state index contributed by atoms with van der Waals surface area (Å²) >= 11 is 4.86. The Morgan fingerprint density at radius 1 is 1.60 bits per heavy atom. The van der Waals surface area contributed by atoms with Crippen LogP contribution in [0.1, 0.15) is 26.2 Å². The van der Waals surface area contributed by atoms with E-state index in [0.29, 0.717) is 5.11 Å². The average molecular weight is 159 g/mol. The first-order valence-electron chi connectivity index (χ1n) is 3.45. The Labute approximate surface area is 66.3 Å². The third-order valence-corrected chi connectivity index (χ3v) is 2.22. The van der Waals surface area contributed by atoms with Gasteiger partial charge in [0.2, 0.25) is 0 Å². The van der Waals surface area contributed by atoms with Gasteiger partial charge in [-0.1, -0.05) is 0 Å². The zero-order valence-corrected chi connectivity index (χ0v) is 6.92. The van der Waals surface area contributed by atoms with E-state index in [-0.39, 0.29) is 5.54 Å². The minimum atomic E-state index is 0.212. The lowest BCUT2D eigenvalue weighted by Crippen LogP contribution is -2.55. The van der Waals surface area contributed by atoms with Gasteiger partial charge in [0.1, 0.15) is 0 Å². The van der Waals surface area contributed by atoms with Crippen molar-refractivity contribution in [1.82, 2.24) is 10.7 Å². The van der Waals surface area contributed by atoms with Crippen LogP contribution in [0, 0.1) is 0 Å². The van der Waals surface area contributed by atoms with Crippen LogP contribution in [-0.4, -0.2) is 10.7 Å². The topological polar surface area (TPSA) is 50.1 Å². The van der Waals surface area contributed by atoms with Crippen molar-refractivity contribution in [2.24, 2.45) is 5.84 Å². The summed E-state index contributed by atoms with van der Waals surface area (Å²) in [5.74, 6) is 5.10. The molecule has 1 rings (SSSR count). The molecule has 0 aromatic heterocycles. The van der Waals surface area contributed by atoms with Gasteiger partial charge < -0.3 is 10.7 Å². The minimum absolute atomic E-state index is 0.212. The Kier molecular flexibility index (Phi) is 2.11. The first kappa shape index (κ1) is 7.75. The van der Waals surface area contributed by atoms with Gasteiger partial charge in [0, 0.05) is 5.54 Å². The Morgan fingerprint density at radius 3 is 2.50 bits per heavy atom. The average Bonchev–Trinajstić information content (AvgIpc) is 1.84. The highest BCUT2D eigenvalue weighted by Gasteiger charge is 2.31. The van der Waals surface area contributed by atoms with Gasteiger partial charge in [-0.2, -0.15) is 0 Å². The smallest absolute Gasteiger partial charge is 0.181 e. The van der Waals surface area contributed by atoms with Crippen molar-refractivity contribution in [1.29, 1.82) is 0 Å². The van der Waals surface area contributed by atoms with E-state index in [1.165, 1.54) is 19.3 Å². The molecule has 1 saturated carbocycles. The van der Waals surface area contributed by atoms with E-state index in [2.05, 4.69) is 17.7 Å². The summed E-state index contributed by atoms with van der Waals surface area (Å²) in [5.41, 5.74) is 2.62. The summed E-state index contributed by atoms with van der Waals surface area (Å²) in [6, 6.07) is 0. The minimum Gasteiger partial charge on any atom is -0.357 e. The van der Waals surface area contributed by atoms with Gasteiger partial charge in [-0.05, 0) is 38.4 Å². The lowest BCUT2D eigenvalue weighted by Gasteiger charge is -2.39. The Hall–Kier alpha value is -0.350. The molecule has 0 amide bonds. The molecule has 0 spiro atoms. The van der Waals surface area contributed by atoms with Crippen LogP contribution < -0.4 is 16.6 Å². The highest BCUT2D eigenvalue weighted by atomic mass is 32.1. The van der Waals surface area contributed by atoms with Crippen LogP contribution in [-0.2, 0) is 0 Å². The maximum Gasteiger partial charge on any atom is 0.181 e. The Bertz CT molecular complexity index is 142. The number of hydrazine groups is 1. The predicted octanol–water partition coefficient (Wildman–Crippen LogP) is 0.267. The molecule has 0 saturated heterocycles. The molecule has 4 N–H and O–H groups in total. The van der Waals surface area contributed by atoms with E-state index in [4.69, 9.17) is 18.1 Å². The van der Waals surface area contributed by atoms with Crippen LogP contribution in [0.15, 0.2) is 0 Å². The highest BCUT2D eigenvalue weighted by Crippen LogP contribution is 2.30. The van der Waals surface area contributed by atoms with E-state index in [9.17, 15) is 0 Å². The number of rotatable bonds is 1. The van der Waals surface area contributed by atoms with Gasteiger partial charge in [-0.3, -0.25) is 0 Å². The molecule has 0 radical (unpaired) electrons. The molecule has 10 heavy (non-hydrogen) atoms. The molecule has 58 valence electrons. The lowest BCUT2D eigenvalue weighted by molar-refractivity contribution is 0.243. The van der Waals surface area contributed by atoms with Crippen LogP contribution in [0.3, 0.4) is 0 Å². The molecule has 4 heteroatoms. The Balaban J connectivity index is 2.29. The van der Waals surface area contributed by atoms with Crippen molar-refractivity contribution < 1.29 is 0 Å². The third kappa shape index (κ3) is 1.58. The van der Waals surface area contributed by atoms with E-state index in [0.717, 1.165) is 0 Å². The van der Waals surface area contributed by atoms with Gasteiger partial charge in [0.25, 0.3) is 0 Å². The van der Waals surface area contributed by atoms with Gasteiger partial charge in [-0.15, -0.1) is 0 Å². The van der Waals surface area contributed by atoms with Gasteiger partial charge >= 0.3 is 0 Å². The fourth-order valence-electron chi connectivity index (χ4n) is 1.14. The van der Waals surface area contributed by atoms with Crippen molar-refractivity contribution in [2.45, 2.75) is 31.7 Å². The van der Waals surface area contributed by atoms with Crippen LogP contribution >= 0.6 is 12.2 Å². The molecule has 1 aliphatic carbocycles. The van der Waals surface area contributed by atoms with E-state index >= 15 is 0 Å². The van der Waals surface area contributed by atoms with Crippen LogP contribution in [0.5, 0.6) is 0 Å². The molecule has 3 nitrogen and oxygen atoms in total. The maximum absolute atomic E-state index is 5.10. The molecule has 0 unspecified atom stereocenters. The highest BCUT2D eigenvalue weighted by molar-refractivity contribution is 7.80. The summed E-state index contributed by atoms with van der Waals surface area (Å²) in [5, 5.41) is 3.68. The normalized spacial score (nSPS) is 21.0. The van der Waals surface area contributed by atoms with Crippen molar-refractivity contribution in [2.75, 3.05) is 0 Å². The van der Waals surface area contributed by atoms with Gasteiger partial charge in [0.05, 0.1) is 0 Å². The van der Waals surface area contributed by atoms with Crippen LogP contribution in [0.2, 0.25) is 0 Å². The van der Waals surface area contributed by atoms with Crippen molar-refractivity contribution in [3.05, 3.63) is 0 Å². The van der Waals surface area contributed by atoms with Crippen LogP contribution in [0.25, 0.3) is 0 Å². The van der Waals surface area contributed by atoms with Crippen molar-refractivity contribution in [3.63, 3.8) is 0 Å². The number of hydrogen-bond donors (Lipinski definition) is 3. The second-order valence-corrected chi connectivity index (χ2v) is 3.42. The summed E-state index contributed by atoms with van der Waals surface area (Å²) < 4.78 is 0. The van der Waals surface area contributed by atoms with E-state index in [1.807, 2.05) is 0 Å². The van der Waals surface area contributed by atoms with E-state index < -0.39 is 0 Å². The van der Waals surface area contributed by atoms with Crippen molar-refractivity contribution in [3.8, 4) is 0 Å². The SMILES string of the molecule is CC1(NC(=S)NN)CCC1. The van der Waals surface area contributed by atoms with Gasteiger partial charge in [-0.25, -0.2) is 5.84 Å². The molecule has 1 aliphatic rings. The second-order valence-electron chi connectivity index (χ2n) is 3.01. The molecule has 0 bridgehead atoms. The fraction of sp³-hybridized carbons (Fsp3) is 0.833.